The number of carbonyl (C=O) groups is 1. The van der Waals surface area contributed by atoms with Gasteiger partial charge < -0.3 is 9.85 Å². The fourth-order valence-electron chi connectivity index (χ4n) is 3.38. The van der Waals surface area contributed by atoms with E-state index in [1.807, 2.05) is 0 Å². The Morgan fingerprint density at radius 1 is 1.27 bits per heavy atom. The molecule has 1 atom stereocenters. The first-order chi connectivity index (χ1) is 14.6. The third-order valence-corrected chi connectivity index (χ3v) is 4.92. The van der Waals surface area contributed by atoms with E-state index in [0.717, 1.165) is 19.3 Å². The van der Waals surface area contributed by atoms with E-state index < -0.39 is 24.6 Å². The molecule has 0 amide bonds. The molecule has 1 fully saturated rings. The Labute approximate surface area is 164 Å². The van der Waals surface area contributed by atoms with Crippen LogP contribution in [-0.4, -0.2) is 43.6 Å². The van der Waals surface area contributed by atoms with Crippen LogP contribution in [0, 0.1) is 17.8 Å². The first-order valence-corrected chi connectivity index (χ1v) is 9.35. The summed E-state index contributed by atoms with van der Waals surface area (Å²) in [4.78, 5) is 14.7. The number of carbonyl (C=O) groups excluding carboxylic acids is 1. The molecule has 0 aromatic heterocycles. The maximum Gasteiger partial charge on any atom is 0.344 e. The average Bonchev–Trinajstić information content (AvgIpc) is 2.75. The summed E-state index contributed by atoms with van der Waals surface area (Å²) in [6.45, 7) is -0.470. The van der Waals surface area contributed by atoms with E-state index in [2.05, 4.69) is 11.8 Å². The predicted molar refractivity (Wildman–Crippen MR) is 103 cm³/mol. The van der Waals surface area contributed by atoms with E-state index in [1.165, 1.54) is 4.90 Å². The molecule has 1 unspecified atom stereocenters. The van der Waals surface area contributed by atoms with Crippen molar-refractivity contribution in [3.8, 4) is 11.8 Å². The van der Waals surface area contributed by atoms with Crippen molar-refractivity contribution in [1.82, 2.24) is 4.90 Å². The quantitative estimate of drug-likeness (QED) is 0.569. The van der Waals surface area contributed by atoms with E-state index in [0.29, 0.717) is 31.5 Å². The summed E-state index contributed by atoms with van der Waals surface area (Å²) in [6, 6.07) is 8.58. The van der Waals surface area contributed by atoms with Gasteiger partial charge in [-0.3, -0.25) is 4.90 Å². The Morgan fingerprint density at radius 3 is 2.58 bits per heavy atom. The summed E-state index contributed by atoms with van der Waals surface area (Å²) >= 11 is 0. The fourth-order valence-corrected chi connectivity index (χ4v) is 3.38. The molecule has 4 heteroatoms. The number of rotatable bonds is 8. The molecular formula is C22H31NO3. The highest BCUT2D eigenvalue weighted by Gasteiger charge is 2.46. The van der Waals surface area contributed by atoms with Gasteiger partial charge in [0, 0.05) is 5.92 Å². The van der Waals surface area contributed by atoms with Gasteiger partial charge in [0.1, 0.15) is 0 Å². The molecule has 0 spiro atoms. The van der Waals surface area contributed by atoms with Gasteiger partial charge in [0.2, 0.25) is 1.43 Å². The van der Waals surface area contributed by atoms with E-state index in [1.54, 1.807) is 44.2 Å². The molecular weight excluding hydrogens is 326 g/mol. The molecule has 2 rings (SSSR count). The SMILES string of the molecule is [2H]OC(C(=O)OC([2H])([2H])C#CC([2H])([2H])N(CC)CC)(c1ccccc1)C1CCCCC1. The van der Waals surface area contributed by atoms with Crippen LogP contribution in [0.15, 0.2) is 30.3 Å². The lowest BCUT2D eigenvalue weighted by Gasteiger charge is -2.36. The van der Waals surface area contributed by atoms with E-state index in [-0.39, 0.29) is 5.92 Å². The zero-order chi connectivity index (χ0) is 23.1. The molecule has 1 aromatic carbocycles. The normalized spacial score (nSPS) is 21.1. The Kier molecular flexibility index (Phi) is 5.68. The summed E-state index contributed by atoms with van der Waals surface area (Å²) in [5.74, 6) is 3.04. The lowest BCUT2D eigenvalue weighted by Crippen LogP contribution is -2.45. The first-order valence-electron chi connectivity index (χ1n) is 11.8. The van der Waals surface area contributed by atoms with E-state index in [9.17, 15) is 4.79 Å². The van der Waals surface area contributed by atoms with Crippen molar-refractivity contribution in [2.45, 2.75) is 51.6 Å². The minimum Gasteiger partial charge on any atom is -0.450 e. The molecule has 4 nitrogen and oxygen atoms in total. The molecule has 1 aromatic rings. The second kappa shape index (κ2) is 10.4. The van der Waals surface area contributed by atoms with Gasteiger partial charge in [0.05, 0.1) is 12.0 Å². The summed E-state index contributed by atoms with van der Waals surface area (Å²) in [5.41, 5.74) is -1.33. The molecule has 0 aliphatic heterocycles. The maximum absolute atomic E-state index is 13.3. The van der Waals surface area contributed by atoms with Crippen molar-refractivity contribution in [1.29, 1.82) is 1.43 Å². The zero-order valence-corrected chi connectivity index (χ0v) is 15.6. The van der Waals surface area contributed by atoms with Crippen molar-refractivity contribution in [3.63, 3.8) is 0 Å². The average molecular weight is 363 g/mol. The fraction of sp³-hybridized carbons (Fsp3) is 0.591. The van der Waals surface area contributed by atoms with Gasteiger partial charge in [-0.2, -0.15) is 0 Å². The minimum atomic E-state index is -2.75. The van der Waals surface area contributed by atoms with Crippen LogP contribution in [0.4, 0.5) is 0 Å². The molecule has 0 bridgehead atoms. The number of benzene rings is 1. The molecule has 1 aliphatic rings. The zero-order valence-electron chi connectivity index (χ0n) is 20.6. The summed E-state index contributed by atoms with van der Waals surface area (Å²) in [5, 5.41) is 5.07. The van der Waals surface area contributed by atoms with Crippen LogP contribution in [-0.2, 0) is 15.1 Å². The highest BCUT2D eigenvalue weighted by Crippen LogP contribution is 2.40. The smallest absolute Gasteiger partial charge is 0.344 e. The van der Waals surface area contributed by atoms with Crippen LogP contribution in [0.3, 0.4) is 0 Å². The number of ether oxygens (including phenoxy) is 1. The Morgan fingerprint density at radius 2 is 1.96 bits per heavy atom. The van der Waals surface area contributed by atoms with Crippen LogP contribution >= 0.6 is 0 Å². The highest BCUT2D eigenvalue weighted by molar-refractivity contribution is 5.81. The van der Waals surface area contributed by atoms with Gasteiger partial charge in [-0.05, 0) is 31.5 Å². The van der Waals surface area contributed by atoms with Gasteiger partial charge in [-0.25, -0.2) is 4.79 Å². The van der Waals surface area contributed by atoms with Gasteiger partial charge in [0.25, 0.3) is 0 Å². The molecule has 0 radical (unpaired) electrons. The van der Waals surface area contributed by atoms with Crippen molar-refractivity contribution in [2.24, 2.45) is 5.92 Å². The third-order valence-electron chi connectivity index (χ3n) is 4.92. The lowest BCUT2D eigenvalue weighted by atomic mass is 9.73. The molecule has 1 aliphatic carbocycles. The summed E-state index contributed by atoms with van der Waals surface area (Å²) in [7, 11) is 0. The highest BCUT2D eigenvalue weighted by atomic mass is 16.5. The number of hydrogen-bond donors (Lipinski definition) is 1. The standard InChI is InChI=1S/C22H31NO3/c1-3-23(4-2)17-11-12-18-26-21(24)22(25,19-13-7-5-8-14-19)20-15-9-6-10-16-20/h5,7-8,13-14,20,25H,3-4,6,9-10,15-18H2,1-2H3/i17D2,18D2,25D. The minimum absolute atomic E-state index is 0.334. The summed E-state index contributed by atoms with van der Waals surface area (Å²) < 4.78 is 45.2. The van der Waals surface area contributed by atoms with E-state index in [4.69, 9.17) is 16.8 Å². The van der Waals surface area contributed by atoms with Crippen LogP contribution in [0.25, 0.3) is 0 Å². The molecule has 0 saturated heterocycles. The monoisotopic (exact) mass is 362 g/mol. The van der Waals surface area contributed by atoms with Crippen molar-refractivity contribution in [3.05, 3.63) is 35.9 Å². The Hall–Kier alpha value is -1.83. The van der Waals surface area contributed by atoms with E-state index >= 15 is 0 Å². The Bertz CT molecular complexity index is 783. The second-order valence-electron chi connectivity index (χ2n) is 6.46. The van der Waals surface area contributed by atoms with Crippen molar-refractivity contribution in [2.75, 3.05) is 26.1 Å². The maximum atomic E-state index is 13.3. The number of aliphatic hydroxyl groups is 1. The molecule has 0 heterocycles. The Balaban J connectivity index is 2.36. The van der Waals surface area contributed by atoms with Gasteiger partial charge in [-0.1, -0.05) is 75.3 Å². The largest absolute Gasteiger partial charge is 0.450 e. The topological polar surface area (TPSA) is 49.8 Å². The van der Waals surface area contributed by atoms with Crippen molar-refractivity contribution < 1.29 is 20.1 Å². The molecule has 142 valence electrons. The molecule has 26 heavy (non-hydrogen) atoms. The lowest BCUT2D eigenvalue weighted by molar-refractivity contribution is -0.174. The first kappa shape index (κ1) is 14.3. The van der Waals surface area contributed by atoms with Crippen molar-refractivity contribution >= 4 is 5.97 Å². The van der Waals surface area contributed by atoms with Gasteiger partial charge in [0.15, 0.2) is 12.2 Å². The number of nitrogens with zero attached hydrogens (tertiary/aromatic N) is 1. The van der Waals surface area contributed by atoms with Crippen LogP contribution < -0.4 is 0 Å². The molecule has 1 N–H and O–H groups in total. The van der Waals surface area contributed by atoms with Gasteiger partial charge >= 0.3 is 5.97 Å². The predicted octanol–water partition coefficient (Wildman–Crippen LogP) is 3.34. The number of esters is 1. The van der Waals surface area contributed by atoms with Gasteiger partial charge in [-0.15, -0.1) is 0 Å². The van der Waals surface area contributed by atoms with Crippen LogP contribution in [0.5, 0.6) is 0 Å². The summed E-state index contributed by atoms with van der Waals surface area (Å²) in [6.07, 6.45) is 4.10. The molecule has 1 saturated carbocycles. The second-order valence-corrected chi connectivity index (χ2v) is 6.46. The third kappa shape index (κ3) is 5.09. The number of hydrogen-bond acceptors (Lipinski definition) is 4. The van der Waals surface area contributed by atoms with Crippen LogP contribution in [0.2, 0.25) is 0 Å². The van der Waals surface area contributed by atoms with Crippen LogP contribution in [0.1, 0.15) is 57.0 Å².